The van der Waals surface area contributed by atoms with Gasteiger partial charge in [-0.3, -0.25) is 0 Å². The Kier molecular flexibility index (Phi) is 8.91. The van der Waals surface area contributed by atoms with Gasteiger partial charge in [-0.15, -0.1) is 0 Å². The number of carbonyl (C=O) groups excluding carboxylic acids is 1. The standard InChI is InChI=1S/C21H26O4/c1-23-21(17-24-15-18-8-4-2-5-9-18)14-20(12-13-22)25-16-19-10-6-3-7-11-19/h2-11,13,20-21H,12,14-17H2,1H3. The predicted molar refractivity (Wildman–Crippen MR) is 97.2 cm³/mol. The van der Waals surface area contributed by atoms with Crippen LogP contribution in [-0.4, -0.2) is 32.2 Å². The molecule has 2 unspecified atom stereocenters. The van der Waals surface area contributed by atoms with Crippen molar-refractivity contribution in [1.29, 1.82) is 0 Å². The molecule has 0 saturated carbocycles. The van der Waals surface area contributed by atoms with Gasteiger partial charge in [0.25, 0.3) is 0 Å². The van der Waals surface area contributed by atoms with Crippen molar-refractivity contribution < 1.29 is 19.0 Å². The molecule has 0 amide bonds. The summed E-state index contributed by atoms with van der Waals surface area (Å²) in [6, 6.07) is 20.0. The normalized spacial score (nSPS) is 13.3. The minimum Gasteiger partial charge on any atom is -0.379 e. The van der Waals surface area contributed by atoms with E-state index in [0.29, 0.717) is 32.7 Å². The Labute approximate surface area is 149 Å². The van der Waals surface area contributed by atoms with Gasteiger partial charge in [0.2, 0.25) is 0 Å². The molecule has 25 heavy (non-hydrogen) atoms. The molecule has 4 heteroatoms. The first-order chi connectivity index (χ1) is 12.3. The summed E-state index contributed by atoms with van der Waals surface area (Å²) in [5, 5.41) is 0. The van der Waals surface area contributed by atoms with Gasteiger partial charge >= 0.3 is 0 Å². The Balaban J connectivity index is 1.77. The molecule has 0 radical (unpaired) electrons. The van der Waals surface area contributed by atoms with Crippen LogP contribution in [0.1, 0.15) is 24.0 Å². The zero-order valence-corrected chi connectivity index (χ0v) is 14.7. The van der Waals surface area contributed by atoms with Gasteiger partial charge < -0.3 is 19.0 Å². The lowest BCUT2D eigenvalue weighted by atomic mass is 10.1. The first kappa shape index (κ1) is 19.3. The zero-order valence-electron chi connectivity index (χ0n) is 14.7. The van der Waals surface area contributed by atoms with Gasteiger partial charge in [-0.25, -0.2) is 0 Å². The van der Waals surface area contributed by atoms with Crippen molar-refractivity contribution in [2.75, 3.05) is 13.7 Å². The third kappa shape index (κ3) is 7.61. The van der Waals surface area contributed by atoms with Gasteiger partial charge in [0, 0.05) is 20.0 Å². The van der Waals surface area contributed by atoms with Crippen LogP contribution in [0.4, 0.5) is 0 Å². The maximum atomic E-state index is 10.9. The van der Waals surface area contributed by atoms with Crippen molar-refractivity contribution in [2.45, 2.75) is 38.3 Å². The van der Waals surface area contributed by atoms with E-state index in [2.05, 4.69) is 0 Å². The minimum absolute atomic E-state index is 0.107. The highest BCUT2D eigenvalue weighted by Gasteiger charge is 2.17. The molecule has 2 aromatic rings. The number of rotatable bonds is 12. The summed E-state index contributed by atoms with van der Waals surface area (Å²) in [5.41, 5.74) is 2.22. The molecule has 0 fully saturated rings. The van der Waals surface area contributed by atoms with Crippen LogP contribution >= 0.6 is 0 Å². The summed E-state index contributed by atoms with van der Waals surface area (Å²) < 4.78 is 17.1. The van der Waals surface area contributed by atoms with Crippen LogP contribution in [-0.2, 0) is 32.2 Å². The molecule has 134 valence electrons. The highest BCUT2D eigenvalue weighted by Crippen LogP contribution is 2.13. The lowest BCUT2D eigenvalue weighted by molar-refractivity contribution is -0.112. The summed E-state index contributed by atoms with van der Waals surface area (Å²) >= 11 is 0. The summed E-state index contributed by atoms with van der Waals surface area (Å²) in [4.78, 5) is 10.9. The molecule has 0 aliphatic rings. The van der Waals surface area contributed by atoms with Gasteiger partial charge in [0.15, 0.2) is 0 Å². The Morgan fingerprint density at radius 2 is 1.48 bits per heavy atom. The van der Waals surface area contributed by atoms with Gasteiger partial charge in [0.05, 0.1) is 32.0 Å². The van der Waals surface area contributed by atoms with Crippen LogP contribution in [0.15, 0.2) is 60.7 Å². The quantitative estimate of drug-likeness (QED) is 0.551. The average Bonchev–Trinajstić information content (AvgIpc) is 2.67. The van der Waals surface area contributed by atoms with Crippen molar-refractivity contribution in [3.05, 3.63) is 71.8 Å². The van der Waals surface area contributed by atoms with E-state index in [-0.39, 0.29) is 12.2 Å². The molecule has 2 aromatic carbocycles. The van der Waals surface area contributed by atoms with Gasteiger partial charge in [-0.05, 0) is 11.1 Å². The maximum Gasteiger partial charge on any atom is 0.122 e. The van der Waals surface area contributed by atoms with Crippen molar-refractivity contribution in [3.63, 3.8) is 0 Å². The summed E-state index contributed by atoms with van der Waals surface area (Å²) in [5.74, 6) is 0. The smallest absolute Gasteiger partial charge is 0.122 e. The second kappa shape index (κ2) is 11.5. The number of aldehydes is 1. The van der Waals surface area contributed by atoms with E-state index >= 15 is 0 Å². The largest absolute Gasteiger partial charge is 0.379 e. The predicted octanol–water partition coefficient (Wildman–Crippen LogP) is 3.78. The van der Waals surface area contributed by atoms with E-state index in [1.807, 2.05) is 60.7 Å². The molecular weight excluding hydrogens is 316 g/mol. The number of hydrogen-bond acceptors (Lipinski definition) is 4. The Hall–Kier alpha value is -2.01. The molecule has 2 rings (SSSR count). The lowest BCUT2D eigenvalue weighted by Crippen LogP contribution is -2.26. The Bertz CT molecular complexity index is 585. The average molecular weight is 342 g/mol. The van der Waals surface area contributed by atoms with E-state index in [9.17, 15) is 4.79 Å². The van der Waals surface area contributed by atoms with E-state index in [1.54, 1.807) is 7.11 Å². The maximum absolute atomic E-state index is 10.9. The molecule has 0 spiro atoms. The van der Waals surface area contributed by atoms with Crippen LogP contribution in [0, 0.1) is 0 Å². The lowest BCUT2D eigenvalue weighted by Gasteiger charge is -2.22. The molecule has 0 bridgehead atoms. The number of methoxy groups -OCH3 is 1. The van der Waals surface area contributed by atoms with Gasteiger partial charge in [-0.1, -0.05) is 60.7 Å². The van der Waals surface area contributed by atoms with Crippen LogP contribution in [0.5, 0.6) is 0 Å². The Morgan fingerprint density at radius 1 is 0.880 bits per heavy atom. The molecule has 0 saturated heterocycles. The molecular formula is C21H26O4. The highest BCUT2D eigenvalue weighted by molar-refractivity contribution is 5.50. The third-order valence-electron chi connectivity index (χ3n) is 3.96. The van der Waals surface area contributed by atoms with Crippen molar-refractivity contribution >= 4 is 6.29 Å². The molecule has 2 atom stereocenters. The molecule has 0 aliphatic carbocycles. The third-order valence-corrected chi connectivity index (χ3v) is 3.96. The summed E-state index contributed by atoms with van der Waals surface area (Å²) in [6.45, 7) is 1.50. The molecule has 0 aromatic heterocycles. The molecule has 4 nitrogen and oxygen atoms in total. The van der Waals surface area contributed by atoms with Gasteiger partial charge in [-0.2, -0.15) is 0 Å². The number of carbonyl (C=O) groups is 1. The number of benzene rings is 2. The summed E-state index contributed by atoms with van der Waals surface area (Å²) in [7, 11) is 1.66. The SMILES string of the molecule is COC(COCc1ccccc1)CC(CC=O)OCc1ccccc1. The minimum atomic E-state index is -0.178. The number of ether oxygens (including phenoxy) is 3. The number of hydrogen-bond donors (Lipinski definition) is 0. The van der Waals surface area contributed by atoms with Crippen LogP contribution in [0.2, 0.25) is 0 Å². The fourth-order valence-corrected chi connectivity index (χ4v) is 2.54. The van der Waals surface area contributed by atoms with E-state index in [0.717, 1.165) is 17.4 Å². The topological polar surface area (TPSA) is 44.8 Å². The van der Waals surface area contributed by atoms with Crippen LogP contribution in [0.3, 0.4) is 0 Å². The van der Waals surface area contributed by atoms with E-state index < -0.39 is 0 Å². The van der Waals surface area contributed by atoms with Crippen molar-refractivity contribution in [1.82, 2.24) is 0 Å². The second-order valence-electron chi connectivity index (χ2n) is 5.92. The highest BCUT2D eigenvalue weighted by atomic mass is 16.5. The first-order valence-corrected chi connectivity index (χ1v) is 8.55. The first-order valence-electron chi connectivity index (χ1n) is 8.55. The molecule has 0 heterocycles. The molecule has 0 aliphatic heterocycles. The van der Waals surface area contributed by atoms with Crippen molar-refractivity contribution in [2.24, 2.45) is 0 Å². The van der Waals surface area contributed by atoms with Crippen molar-refractivity contribution in [3.8, 4) is 0 Å². The fraction of sp³-hybridized carbons (Fsp3) is 0.381. The molecule has 0 N–H and O–H groups in total. The van der Waals surface area contributed by atoms with Gasteiger partial charge in [0.1, 0.15) is 6.29 Å². The van der Waals surface area contributed by atoms with E-state index in [4.69, 9.17) is 14.2 Å². The van der Waals surface area contributed by atoms with E-state index in [1.165, 1.54) is 0 Å². The van der Waals surface area contributed by atoms with Crippen LogP contribution in [0.25, 0.3) is 0 Å². The fourth-order valence-electron chi connectivity index (χ4n) is 2.54. The monoisotopic (exact) mass is 342 g/mol. The van der Waals surface area contributed by atoms with Crippen LogP contribution < -0.4 is 0 Å². The second-order valence-corrected chi connectivity index (χ2v) is 5.92. The Morgan fingerprint density at radius 3 is 2.04 bits per heavy atom. The summed E-state index contributed by atoms with van der Waals surface area (Å²) in [6.07, 6.45) is 1.59. The zero-order chi connectivity index (χ0) is 17.7.